The molecule has 1 aromatic carbocycles. The number of ether oxygens (including phenoxy) is 1. The zero-order valence-corrected chi connectivity index (χ0v) is 16.4. The Morgan fingerprint density at radius 3 is 2.66 bits per heavy atom. The predicted molar refractivity (Wildman–Crippen MR) is 108 cm³/mol. The van der Waals surface area contributed by atoms with E-state index in [1.807, 2.05) is 36.4 Å². The van der Waals surface area contributed by atoms with Crippen LogP contribution in [0.25, 0.3) is 0 Å². The summed E-state index contributed by atoms with van der Waals surface area (Å²) in [5, 5.41) is 28.8. The van der Waals surface area contributed by atoms with Crippen LogP contribution in [0.1, 0.15) is 47.3 Å². The number of benzene rings is 1. The van der Waals surface area contributed by atoms with E-state index in [1.165, 1.54) is 0 Å². The van der Waals surface area contributed by atoms with Crippen LogP contribution < -0.4 is 0 Å². The molecule has 3 rings (SSSR count). The quantitative estimate of drug-likeness (QED) is 0.590. The fourth-order valence-electron chi connectivity index (χ4n) is 3.59. The molecule has 1 aliphatic rings. The van der Waals surface area contributed by atoms with Crippen molar-refractivity contribution in [2.75, 3.05) is 13.2 Å². The van der Waals surface area contributed by atoms with Gasteiger partial charge < -0.3 is 20.1 Å². The number of aromatic nitrogens is 1. The highest BCUT2D eigenvalue weighted by Gasteiger charge is 2.25. The van der Waals surface area contributed by atoms with Crippen molar-refractivity contribution in [3.8, 4) is 0 Å². The number of hydrogen-bond donors (Lipinski definition) is 3. The Bertz CT molecular complexity index is 880. The number of carbonyl (C=O) groups excluding carboxylic acids is 1. The van der Waals surface area contributed by atoms with E-state index in [-0.39, 0.29) is 44.4 Å². The van der Waals surface area contributed by atoms with E-state index in [0.717, 1.165) is 11.1 Å². The first-order valence-corrected chi connectivity index (χ1v) is 9.69. The number of carbonyl (C=O) groups is 1. The van der Waals surface area contributed by atoms with Gasteiger partial charge in [0.2, 0.25) is 5.90 Å². The Morgan fingerprint density at radius 2 is 2.00 bits per heavy atom. The maximum absolute atomic E-state index is 12.7. The lowest BCUT2D eigenvalue weighted by Crippen LogP contribution is -2.20. The highest BCUT2D eigenvalue weighted by atomic mass is 16.5. The minimum absolute atomic E-state index is 0.0354. The number of nitrogens with zero attached hydrogens (tertiary/aromatic N) is 2. The first-order valence-electron chi connectivity index (χ1n) is 9.69. The lowest BCUT2D eigenvalue weighted by Gasteiger charge is -2.20. The number of Topliss-reactive ketones (excluding diaryl/α,β-unsaturated/α-hetero) is 1. The smallest absolute Gasteiger partial charge is 0.218 e. The number of aliphatic hydroxyl groups is 3. The molecule has 0 bridgehead atoms. The summed E-state index contributed by atoms with van der Waals surface area (Å²) >= 11 is 0. The third kappa shape index (κ3) is 5.06. The molecule has 0 saturated heterocycles. The molecule has 7 heteroatoms. The fraction of sp³-hybridized carbons (Fsp3) is 0.409. The summed E-state index contributed by atoms with van der Waals surface area (Å²) < 4.78 is 5.42. The SMILES string of the molecule is C[C@@H](O)[C@@H](CC(=O)Cc1cc2c(c(CO)n1)C(OCCO)=NC2)c1ccccc1. The molecular weight excluding hydrogens is 372 g/mol. The maximum atomic E-state index is 12.7. The van der Waals surface area contributed by atoms with Gasteiger partial charge in [-0.1, -0.05) is 30.3 Å². The highest BCUT2D eigenvalue weighted by molar-refractivity contribution is 5.98. The molecule has 0 aliphatic carbocycles. The third-order valence-electron chi connectivity index (χ3n) is 4.95. The fourth-order valence-corrected chi connectivity index (χ4v) is 3.59. The lowest BCUT2D eigenvalue weighted by molar-refractivity contribution is -0.119. The Morgan fingerprint density at radius 1 is 1.24 bits per heavy atom. The minimum Gasteiger partial charge on any atom is -0.475 e. The predicted octanol–water partition coefficient (Wildman–Crippen LogP) is 1.51. The van der Waals surface area contributed by atoms with Crippen molar-refractivity contribution in [3.05, 3.63) is 64.5 Å². The summed E-state index contributed by atoms with van der Waals surface area (Å²) in [4.78, 5) is 21.4. The van der Waals surface area contributed by atoms with Crippen LogP contribution in [-0.4, -0.2) is 51.3 Å². The van der Waals surface area contributed by atoms with Crippen molar-refractivity contribution < 1.29 is 24.9 Å². The lowest BCUT2D eigenvalue weighted by atomic mass is 9.88. The van der Waals surface area contributed by atoms with Gasteiger partial charge in [0, 0.05) is 24.5 Å². The van der Waals surface area contributed by atoms with Crippen molar-refractivity contribution in [3.63, 3.8) is 0 Å². The van der Waals surface area contributed by atoms with Gasteiger partial charge in [0.25, 0.3) is 0 Å². The van der Waals surface area contributed by atoms with Crippen LogP contribution in [0.2, 0.25) is 0 Å². The summed E-state index contributed by atoms with van der Waals surface area (Å²) in [6, 6.07) is 11.3. The average molecular weight is 398 g/mol. The van der Waals surface area contributed by atoms with Gasteiger partial charge in [0.15, 0.2) is 0 Å². The highest BCUT2D eigenvalue weighted by Crippen LogP contribution is 2.26. The van der Waals surface area contributed by atoms with Gasteiger partial charge in [0.05, 0.1) is 37.1 Å². The summed E-state index contributed by atoms with van der Waals surface area (Å²) in [6.45, 7) is 1.76. The van der Waals surface area contributed by atoms with E-state index in [4.69, 9.17) is 9.84 Å². The molecule has 1 aromatic heterocycles. The molecule has 0 spiro atoms. The van der Waals surface area contributed by atoms with E-state index >= 15 is 0 Å². The Hall–Kier alpha value is -2.61. The summed E-state index contributed by atoms with van der Waals surface area (Å²) in [5.41, 5.74) is 3.38. The molecule has 3 N–H and O–H groups in total. The second-order valence-corrected chi connectivity index (χ2v) is 7.12. The van der Waals surface area contributed by atoms with Gasteiger partial charge in [-0.3, -0.25) is 9.78 Å². The molecule has 2 heterocycles. The van der Waals surface area contributed by atoms with Crippen molar-refractivity contribution in [1.82, 2.24) is 4.98 Å². The van der Waals surface area contributed by atoms with Gasteiger partial charge in [-0.15, -0.1) is 0 Å². The number of aliphatic hydroxyl groups excluding tert-OH is 3. The third-order valence-corrected chi connectivity index (χ3v) is 4.95. The normalized spacial score (nSPS) is 14.8. The molecular formula is C22H26N2O5. The molecule has 29 heavy (non-hydrogen) atoms. The summed E-state index contributed by atoms with van der Waals surface area (Å²) in [6.07, 6.45) is -0.332. The van der Waals surface area contributed by atoms with Crippen molar-refractivity contribution in [2.24, 2.45) is 4.99 Å². The van der Waals surface area contributed by atoms with Crippen molar-refractivity contribution in [1.29, 1.82) is 0 Å². The van der Waals surface area contributed by atoms with Crippen LogP contribution in [0.5, 0.6) is 0 Å². The first kappa shape index (κ1) is 21.1. The number of ketones is 1. The van der Waals surface area contributed by atoms with Crippen LogP contribution >= 0.6 is 0 Å². The largest absolute Gasteiger partial charge is 0.475 e. The van der Waals surface area contributed by atoms with Crippen LogP contribution in [0.15, 0.2) is 41.4 Å². The van der Waals surface area contributed by atoms with E-state index in [1.54, 1.807) is 6.92 Å². The number of pyridine rings is 1. The first-order chi connectivity index (χ1) is 14.0. The molecule has 2 atom stereocenters. The zero-order valence-electron chi connectivity index (χ0n) is 16.4. The molecule has 7 nitrogen and oxygen atoms in total. The Kier molecular flexibility index (Phi) is 7.09. The van der Waals surface area contributed by atoms with Gasteiger partial charge in [-0.05, 0) is 24.1 Å². The minimum atomic E-state index is -0.651. The standard InChI is InChI=1S/C22H26N2O5/c1-14(27)19(15-5-3-2-4-6-15)11-18(28)10-17-9-16-12-23-22(29-8-7-25)21(16)20(13-26)24-17/h2-6,9,14,19,25-27H,7-8,10-13H2,1H3/t14-,19-/m1/s1. The van der Waals surface area contributed by atoms with Crippen molar-refractivity contribution in [2.45, 2.75) is 44.9 Å². The van der Waals surface area contributed by atoms with E-state index in [0.29, 0.717) is 29.4 Å². The molecule has 0 fully saturated rings. The Labute approximate surface area is 169 Å². The number of hydrogen-bond acceptors (Lipinski definition) is 7. The number of aliphatic imine (C=N–C) groups is 1. The van der Waals surface area contributed by atoms with Gasteiger partial charge in [0.1, 0.15) is 12.4 Å². The second kappa shape index (κ2) is 9.73. The topological polar surface area (TPSA) is 112 Å². The van der Waals surface area contributed by atoms with E-state index in [9.17, 15) is 15.0 Å². The molecule has 154 valence electrons. The van der Waals surface area contributed by atoms with E-state index in [2.05, 4.69) is 9.98 Å². The molecule has 1 aliphatic heterocycles. The zero-order chi connectivity index (χ0) is 20.8. The number of fused-ring (bicyclic) bond motifs is 1. The molecule has 0 amide bonds. The molecule has 2 aromatic rings. The van der Waals surface area contributed by atoms with Crippen LogP contribution in [0.3, 0.4) is 0 Å². The monoisotopic (exact) mass is 398 g/mol. The Balaban J connectivity index is 1.74. The van der Waals surface area contributed by atoms with Gasteiger partial charge in [-0.2, -0.15) is 0 Å². The molecule has 0 radical (unpaired) electrons. The van der Waals surface area contributed by atoms with Crippen LogP contribution in [0, 0.1) is 0 Å². The second-order valence-electron chi connectivity index (χ2n) is 7.12. The summed E-state index contributed by atoms with van der Waals surface area (Å²) in [7, 11) is 0. The van der Waals surface area contributed by atoms with E-state index < -0.39 is 6.10 Å². The van der Waals surface area contributed by atoms with Crippen molar-refractivity contribution >= 4 is 11.7 Å². The molecule has 0 saturated carbocycles. The van der Waals surface area contributed by atoms with Crippen LogP contribution in [0.4, 0.5) is 0 Å². The summed E-state index contributed by atoms with van der Waals surface area (Å²) in [5.74, 6) is 0.0470. The van der Waals surface area contributed by atoms with Gasteiger partial charge >= 0.3 is 0 Å². The average Bonchev–Trinajstić information content (AvgIpc) is 3.13. The number of rotatable bonds is 9. The maximum Gasteiger partial charge on any atom is 0.218 e. The van der Waals surface area contributed by atoms with Crippen LogP contribution in [-0.2, 0) is 29.1 Å². The van der Waals surface area contributed by atoms with Gasteiger partial charge in [-0.25, -0.2) is 4.99 Å². The molecule has 0 unspecified atom stereocenters.